The third kappa shape index (κ3) is 7.38. The number of methoxy groups -OCH3 is 1. The Kier molecular flexibility index (Phi) is 11.3. The highest BCUT2D eigenvalue weighted by Crippen LogP contribution is 2.25. The lowest BCUT2D eigenvalue weighted by Crippen LogP contribution is -2.46. The van der Waals surface area contributed by atoms with Crippen LogP contribution in [0.5, 0.6) is 5.75 Å². The molecule has 1 aliphatic heterocycles. The van der Waals surface area contributed by atoms with Crippen molar-refractivity contribution in [3.63, 3.8) is 0 Å². The van der Waals surface area contributed by atoms with E-state index in [2.05, 4.69) is 57.7 Å². The Balaban J connectivity index is 0.00000363. The fraction of sp³-hybridized carbons (Fsp3) is 0.542. The minimum atomic E-state index is 0. The highest BCUT2D eigenvalue weighted by Gasteiger charge is 2.25. The van der Waals surface area contributed by atoms with Gasteiger partial charge in [0.25, 0.3) is 0 Å². The lowest BCUT2D eigenvalue weighted by atomic mass is 10.1. The van der Waals surface area contributed by atoms with Crippen LogP contribution in [0.3, 0.4) is 0 Å². The van der Waals surface area contributed by atoms with Gasteiger partial charge in [-0.1, -0.05) is 18.6 Å². The van der Waals surface area contributed by atoms with Crippen LogP contribution in [0.25, 0.3) is 0 Å². The molecule has 7 nitrogen and oxygen atoms in total. The first kappa shape index (κ1) is 26.5. The van der Waals surface area contributed by atoms with Crippen molar-refractivity contribution in [2.24, 2.45) is 4.99 Å². The van der Waals surface area contributed by atoms with Crippen molar-refractivity contribution < 1.29 is 9.15 Å². The van der Waals surface area contributed by atoms with Crippen LogP contribution in [-0.4, -0.2) is 70.2 Å². The number of likely N-dealkylation sites (tertiary alicyclic amines) is 1. The quantitative estimate of drug-likeness (QED) is 0.278. The Hall–Kier alpha value is -1.78. The summed E-state index contributed by atoms with van der Waals surface area (Å²) in [5.41, 5.74) is 1.20. The predicted molar refractivity (Wildman–Crippen MR) is 141 cm³/mol. The van der Waals surface area contributed by atoms with Gasteiger partial charge in [-0.05, 0) is 69.9 Å². The van der Waals surface area contributed by atoms with Gasteiger partial charge in [0.05, 0.1) is 25.5 Å². The van der Waals surface area contributed by atoms with Crippen LogP contribution in [0.2, 0.25) is 0 Å². The molecule has 2 heterocycles. The minimum absolute atomic E-state index is 0. The van der Waals surface area contributed by atoms with Crippen molar-refractivity contribution in [2.75, 3.05) is 54.4 Å². The molecule has 8 heteroatoms. The number of hydrogen-bond donors (Lipinski definition) is 2. The highest BCUT2D eigenvalue weighted by molar-refractivity contribution is 14.0. The summed E-state index contributed by atoms with van der Waals surface area (Å²) >= 11 is 0. The summed E-state index contributed by atoms with van der Waals surface area (Å²) in [7, 11) is 7.69. The maximum Gasteiger partial charge on any atom is 0.191 e. The van der Waals surface area contributed by atoms with Gasteiger partial charge in [-0.2, -0.15) is 0 Å². The Bertz CT molecular complexity index is 806. The van der Waals surface area contributed by atoms with Crippen LogP contribution in [-0.2, 0) is 0 Å². The average Bonchev–Trinajstić information content (AvgIpc) is 3.33. The fourth-order valence-corrected chi connectivity index (χ4v) is 4.18. The number of nitrogens with one attached hydrogen (secondary N) is 2. The molecule has 1 fully saturated rings. The predicted octanol–water partition coefficient (Wildman–Crippen LogP) is 3.90. The Labute approximate surface area is 209 Å². The Morgan fingerprint density at radius 1 is 1.12 bits per heavy atom. The van der Waals surface area contributed by atoms with Gasteiger partial charge in [-0.15, -0.1) is 24.0 Å². The summed E-state index contributed by atoms with van der Waals surface area (Å²) in [6.07, 6.45) is 5.56. The van der Waals surface area contributed by atoms with Crippen molar-refractivity contribution in [3.8, 4) is 5.75 Å². The molecule has 32 heavy (non-hydrogen) atoms. The van der Waals surface area contributed by atoms with E-state index in [1.807, 2.05) is 25.2 Å². The number of ether oxygens (including phenoxy) is 1. The topological polar surface area (TPSA) is 65.3 Å². The van der Waals surface area contributed by atoms with Crippen LogP contribution in [0.1, 0.15) is 42.7 Å². The maximum atomic E-state index is 5.76. The molecule has 2 atom stereocenters. The van der Waals surface area contributed by atoms with Crippen molar-refractivity contribution >= 4 is 29.9 Å². The molecule has 0 spiro atoms. The smallest absolute Gasteiger partial charge is 0.191 e. The molecule has 0 radical (unpaired) electrons. The SMILES string of the molecule is CN=C(NCC(c1cccc(OC)c1)N(C)C)NCC(c1ccco1)N1CCCCC1.I. The molecule has 2 unspecified atom stereocenters. The number of furan rings is 1. The van der Waals surface area contributed by atoms with E-state index < -0.39 is 0 Å². The summed E-state index contributed by atoms with van der Waals surface area (Å²) in [5, 5.41) is 7.02. The van der Waals surface area contributed by atoms with Crippen molar-refractivity contribution in [2.45, 2.75) is 31.3 Å². The number of rotatable bonds is 9. The van der Waals surface area contributed by atoms with Gasteiger partial charge in [-0.25, -0.2) is 0 Å². The number of piperidine rings is 1. The fourth-order valence-electron chi connectivity index (χ4n) is 4.18. The number of likely N-dealkylation sites (N-methyl/N-ethyl adjacent to an activating group) is 1. The molecule has 3 rings (SSSR count). The zero-order valence-corrected chi connectivity index (χ0v) is 22.0. The van der Waals surface area contributed by atoms with Gasteiger partial charge >= 0.3 is 0 Å². The van der Waals surface area contributed by atoms with E-state index >= 15 is 0 Å². The van der Waals surface area contributed by atoms with Crippen LogP contribution < -0.4 is 15.4 Å². The number of aliphatic imine (C=N–C) groups is 1. The van der Waals surface area contributed by atoms with Gasteiger partial charge in [0, 0.05) is 20.1 Å². The first-order chi connectivity index (χ1) is 15.1. The first-order valence-corrected chi connectivity index (χ1v) is 11.1. The Morgan fingerprint density at radius 2 is 1.88 bits per heavy atom. The van der Waals surface area contributed by atoms with E-state index in [0.29, 0.717) is 0 Å². The second-order valence-corrected chi connectivity index (χ2v) is 8.22. The monoisotopic (exact) mass is 555 g/mol. The summed E-state index contributed by atoms with van der Waals surface area (Å²) in [5.74, 6) is 2.67. The third-order valence-electron chi connectivity index (χ3n) is 5.95. The van der Waals surface area contributed by atoms with Gasteiger partial charge in [0.15, 0.2) is 5.96 Å². The average molecular weight is 556 g/mol. The van der Waals surface area contributed by atoms with Crippen LogP contribution in [0, 0.1) is 0 Å². The molecule has 1 aromatic heterocycles. The molecule has 1 aliphatic rings. The summed E-state index contributed by atoms with van der Waals surface area (Å²) in [4.78, 5) is 9.17. The van der Waals surface area contributed by atoms with E-state index in [1.165, 1.54) is 24.8 Å². The zero-order chi connectivity index (χ0) is 22.1. The van der Waals surface area contributed by atoms with Crippen molar-refractivity contribution in [1.82, 2.24) is 20.4 Å². The number of guanidine groups is 1. The Morgan fingerprint density at radius 3 is 2.50 bits per heavy atom. The molecule has 0 amide bonds. The van der Waals surface area contributed by atoms with Crippen molar-refractivity contribution in [1.29, 1.82) is 0 Å². The van der Waals surface area contributed by atoms with Crippen LogP contribution in [0.4, 0.5) is 0 Å². The summed E-state index contributed by atoms with van der Waals surface area (Å²) < 4.78 is 11.2. The van der Waals surface area contributed by atoms with Crippen molar-refractivity contribution in [3.05, 3.63) is 54.0 Å². The zero-order valence-electron chi connectivity index (χ0n) is 19.7. The molecule has 2 aromatic rings. The summed E-state index contributed by atoms with van der Waals surface area (Å²) in [6.45, 7) is 3.70. The van der Waals surface area contributed by atoms with Gasteiger partial charge in [-0.3, -0.25) is 9.89 Å². The van der Waals surface area contributed by atoms with Gasteiger partial charge in [0.1, 0.15) is 11.5 Å². The number of nitrogens with zero attached hydrogens (tertiary/aromatic N) is 3. The van der Waals surface area contributed by atoms with E-state index in [4.69, 9.17) is 9.15 Å². The molecular formula is C24H38IN5O2. The normalized spacial score (nSPS) is 16.8. The van der Waals surface area contributed by atoms with Crippen LogP contribution in [0.15, 0.2) is 52.1 Å². The summed E-state index contributed by atoms with van der Waals surface area (Å²) in [6, 6.07) is 12.7. The van der Waals surface area contributed by atoms with Gasteiger partial charge < -0.3 is 24.7 Å². The van der Waals surface area contributed by atoms with E-state index in [1.54, 1.807) is 13.4 Å². The molecule has 0 saturated carbocycles. The molecular weight excluding hydrogens is 517 g/mol. The number of benzene rings is 1. The molecule has 0 aliphatic carbocycles. The number of halogens is 1. The lowest BCUT2D eigenvalue weighted by molar-refractivity contribution is 0.146. The largest absolute Gasteiger partial charge is 0.497 e. The minimum Gasteiger partial charge on any atom is -0.497 e. The van der Waals surface area contributed by atoms with Gasteiger partial charge in [0.2, 0.25) is 0 Å². The molecule has 178 valence electrons. The maximum absolute atomic E-state index is 5.76. The van der Waals surface area contributed by atoms with E-state index in [-0.39, 0.29) is 36.1 Å². The molecule has 1 saturated heterocycles. The highest BCUT2D eigenvalue weighted by atomic mass is 127. The number of hydrogen-bond acceptors (Lipinski definition) is 5. The molecule has 0 bridgehead atoms. The third-order valence-corrected chi connectivity index (χ3v) is 5.95. The lowest BCUT2D eigenvalue weighted by Gasteiger charge is -2.34. The second-order valence-electron chi connectivity index (χ2n) is 8.22. The standard InChI is InChI=1S/C24H37N5O2.HI/c1-25-24(26-17-21(28(2)3)19-10-8-11-20(16-19)30-4)27-18-22(23-12-9-15-31-23)29-13-6-5-7-14-29;/h8-12,15-16,21-22H,5-7,13-14,17-18H2,1-4H3,(H2,25,26,27);1H. The molecule has 2 N–H and O–H groups in total. The second kappa shape index (κ2) is 13.7. The van der Waals surface area contributed by atoms with E-state index in [0.717, 1.165) is 43.6 Å². The first-order valence-electron chi connectivity index (χ1n) is 11.1. The van der Waals surface area contributed by atoms with E-state index in [9.17, 15) is 0 Å². The molecule has 1 aromatic carbocycles. The van der Waals surface area contributed by atoms with Crippen LogP contribution >= 0.6 is 24.0 Å².